The standard InChI is InChI=1S/C9H7Cl2N5.3C2H4O2/c10-5-3-1-2-4(6(5)11)7-8(12)14-9(13)16-15-7;3*1-2(3)4/h1-3H,(H4,12,13,14,16);3*1H3,(H,3,4). The maximum Gasteiger partial charge on any atom is 0.364 e. The number of nitrogens with one attached hydrogen (secondary N) is 1. The lowest BCUT2D eigenvalue weighted by Crippen LogP contribution is -2.20. The van der Waals surface area contributed by atoms with E-state index in [0.717, 1.165) is 20.8 Å². The van der Waals surface area contributed by atoms with E-state index in [-0.39, 0.29) is 11.8 Å². The second kappa shape index (κ2) is 13.9. The van der Waals surface area contributed by atoms with Gasteiger partial charge in [-0.1, -0.05) is 40.4 Å². The van der Waals surface area contributed by atoms with Crippen LogP contribution in [-0.4, -0.2) is 38.3 Å². The summed E-state index contributed by atoms with van der Waals surface area (Å²) in [4.78, 5) is 29.6. The van der Waals surface area contributed by atoms with Crippen LogP contribution in [0.2, 0.25) is 10.0 Å². The van der Waals surface area contributed by atoms with Gasteiger partial charge >= 0.3 is 5.95 Å². The number of nitrogens with zero attached hydrogens (tertiary/aromatic N) is 2. The van der Waals surface area contributed by atoms with Crippen molar-refractivity contribution < 1.29 is 34.7 Å². The van der Waals surface area contributed by atoms with E-state index < -0.39 is 17.9 Å². The molecular weight excluding hydrogens is 417 g/mol. The van der Waals surface area contributed by atoms with Gasteiger partial charge in [-0.2, -0.15) is 0 Å². The number of anilines is 2. The lowest BCUT2D eigenvalue weighted by Gasteiger charge is -2.04. The van der Waals surface area contributed by atoms with Crippen LogP contribution in [0.4, 0.5) is 11.8 Å². The third kappa shape index (κ3) is 14.0. The Kier molecular flexibility index (Phi) is 13.5. The molecule has 154 valence electrons. The van der Waals surface area contributed by atoms with Gasteiger partial charge in [0.25, 0.3) is 11.9 Å². The topological polar surface area (TPSA) is 207 Å². The summed E-state index contributed by atoms with van der Waals surface area (Å²) in [6.07, 6.45) is 0. The van der Waals surface area contributed by atoms with Crippen molar-refractivity contribution in [3.05, 3.63) is 28.2 Å². The number of benzene rings is 1. The monoisotopic (exact) mass is 435 g/mol. The lowest BCUT2D eigenvalue weighted by molar-refractivity contribution is -0.347. The summed E-state index contributed by atoms with van der Waals surface area (Å²) in [6, 6.07) is 5.18. The van der Waals surface area contributed by atoms with E-state index in [1.165, 1.54) is 0 Å². The highest BCUT2D eigenvalue weighted by molar-refractivity contribution is 6.43. The number of aromatic nitrogens is 3. The van der Waals surface area contributed by atoms with Crippen molar-refractivity contribution in [2.75, 3.05) is 11.5 Å². The number of carboxylic acids is 3. The molecule has 0 bridgehead atoms. The largest absolute Gasteiger partial charge is 0.550 e. The Morgan fingerprint density at radius 1 is 1.04 bits per heavy atom. The number of halogens is 2. The highest BCUT2D eigenvalue weighted by Crippen LogP contribution is 2.33. The average Bonchev–Trinajstić information content (AvgIpc) is 2.49. The van der Waals surface area contributed by atoms with Crippen LogP contribution < -0.4 is 21.6 Å². The van der Waals surface area contributed by atoms with Crippen molar-refractivity contribution in [3.8, 4) is 11.3 Å². The lowest BCUT2D eigenvalue weighted by atomic mass is 10.1. The number of aliphatic carboxylic acids is 3. The number of hydrogen-bond donors (Lipinski definition) is 4. The molecule has 13 heteroatoms. The fraction of sp³-hybridized carbons (Fsp3) is 0.200. The van der Waals surface area contributed by atoms with Crippen LogP contribution in [0.1, 0.15) is 20.8 Å². The van der Waals surface area contributed by atoms with Gasteiger partial charge in [-0.25, -0.2) is 4.98 Å². The van der Waals surface area contributed by atoms with Crippen LogP contribution >= 0.6 is 23.2 Å². The summed E-state index contributed by atoms with van der Waals surface area (Å²) >= 11 is 11.9. The molecule has 0 saturated carbocycles. The van der Waals surface area contributed by atoms with Gasteiger partial charge in [0.2, 0.25) is 5.82 Å². The fourth-order valence-corrected chi connectivity index (χ4v) is 1.66. The molecule has 0 aliphatic heterocycles. The van der Waals surface area contributed by atoms with Gasteiger partial charge in [-0.05, 0) is 13.0 Å². The van der Waals surface area contributed by atoms with Crippen molar-refractivity contribution in [3.63, 3.8) is 0 Å². The molecule has 1 aromatic heterocycles. The number of H-pyrrole nitrogens is 1. The predicted octanol–water partition coefficient (Wildman–Crippen LogP) is 0.367. The zero-order valence-electron chi connectivity index (χ0n) is 15.1. The van der Waals surface area contributed by atoms with Gasteiger partial charge in [0.15, 0.2) is 5.69 Å². The van der Waals surface area contributed by atoms with E-state index in [1.807, 2.05) is 0 Å². The molecule has 2 aromatic rings. The van der Waals surface area contributed by atoms with E-state index in [1.54, 1.807) is 18.2 Å². The predicted molar refractivity (Wildman–Crippen MR) is 100 cm³/mol. The van der Waals surface area contributed by atoms with Gasteiger partial charge in [-0.3, -0.25) is 9.59 Å². The van der Waals surface area contributed by atoms with Gasteiger partial charge in [0, 0.05) is 30.5 Å². The number of nitrogen functional groups attached to an aromatic ring is 2. The van der Waals surface area contributed by atoms with E-state index >= 15 is 0 Å². The Balaban J connectivity index is 0. The van der Waals surface area contributed by atoms with Gasteiger partial charge < -0.3 is 31.6 Å². The first kappa shape index (κ1) is 27.0. The van der Waals surface area contributed by atoms with E-state index in [4.69, 9.17) is 64.4 Å². The Hall–Kier alpha value is -3.18. The molecule has 0 fully saturated rings. The minimum atomic E-state index is -1.08. The zero-order chi connectivity index (χ0) is 22.4. The zero-order valence-corrected chi connectivity index (χ0v) is 16.6. The van der Waals surface area contributed by atoms with Crippen molar-refractivity contribution in [1.82, 2.24) is 10.2 Å². The van der Waals surface area contributed by atoms with Crippen molar-refractivity contribution >= 4 is 52.9 Å². The summed E-state index contributed by atoms with van der Waals surface area (Å²) in [7, 11) is 0. The smallest absolute Gasteiger partial charge is 0.364 e. The number of hydrogen-bond acceptors (Lipinski definition) is 8. The fourth-order valence-electron chi connectivity index (χ4n) is 1.27. The quantitative estimate of drug-likeness (QED) is 0.483. The number of carboxylic acid groups (broad SMARTS) is 3. The van der Waals surface area contributed by atoms with Crippen molar-refractivity contribution in [1.29, 1.82) is 0 Å². The highest BCUT2D eigenvalue weighted by atomic mass is 35.5. The van der Waals surface area contributed by atoms with Crippen LogP contribution in [0.3, 0.4) is 0 Å². The number of nitrogens with two attached hydrogens (primary N) is 2. The SMILES string of the molecule is CC(=O)O.CC(=O)O.CC(=O)[O-].Nc1nnc(-c2cccc(Cl)c2Cl)c(N)[nH+]1. The third-order valence-corrected chi connectivity index (χ3v) is 2.80. The van der Waals surface area contributed by atoms with E-state index in [2.05, 4.69) is 15.2 Å². The van der Waals surface area contributed by atoms with Gasteiger partial charge in [-0.15, -0.1) is 0 Å². The molecule has 1 aromatic carbocycles. The number of rotatable bonds is 1. The van der Waals surface area contributed by atoms with Crippen molar-refractivity contribution in [2.24, 2.45) is 0 Å². The summed E-state index contributed by atoms with van der Waals surface area (Å²) in [6.45, 7) is 3.14. The van der Waals surface area contributed by atoms with Crippen molar-refractivity contribution in [2.45, 2.75) is 20.8 Å². The van der Waals surface area contributed by atoms with Crippen LogP contribution in [0.15, 0.2) is 18.2 Å². The molecule has 28 heavy (non-hydrogen) atoms. The molecule has 0 unspecified atom stereocenters. The average molecular weight is 436 g/mol. The second-order valence-corrected chi connectivity index (χ2v) is 5.39. The van der Waals surface area contributed by atoms with Crippen LogP contribution in [-0.2, 0) is 14.4 Å². The second-order valence-electron chi connectivity index (χ2n) is 4.60. The summed E-state index contributed by atoms with van der Waals surface area (Å²) in [5.41, 5.74) is 12.2. The number of carbonyl (C=O) groups is 3. The van der Waals surface area contributed by atoms with Gasteiger partial charge in [0.1, 0.15) is 0 Å². The van der Waals surface area contributed by atoms with Crippen LogP contribution in [0, 0.1) is 0 Å². The molecule has 0 saturated heterocycles. The molecule has 1 heterocycles. The normalized spacial score (nSPS) is 8.61. The minimum Gasteiger partial charge on any atom is -0.550 e. The minimum absolute atomic E-state index is 0.138. The summed E-state index contributed by atoms with van der Waals surface area (Å²) in [5, 5.41) is 32.1. The van der Waals surface area contributed by atoms with Gasteiger partial charge in [0.05, 0.1) is 10.0 Å². The summed E-state index contributed by atoms with van der Waals surface area (Å²) < 4.78 is 0. The molecule has 0 aliphatic carbocycles. The molecule has 0 spiro atoms. The Labute approximate surface area is 169 Å². The highest BCUT2D eigenvalue weighted by Gasteiger charge is 2.15. The Morgan fingerprint density at radius 2 is 1.46 bits per heavy atom. The third-order valence-electron chi connectivity index (χ3n) is 1.98. The Bertz CT molecular complexity index is 779. The maximum atomic E-state index is 9.00. The Morgan fingerprint density at radius 3 is 1.86 bits per heavy atom. The number of carbonyl (C=O) groups excluding carboxylic acids is 1. The molecule has 0 aliphatic rings. The molecule has 0 amide bonds. The molecule has 2 rings (SSSR count). The molecular formula is C15H19Cl2N5O6. The van der Waals surface area contributed by atoms with Crippen LogP contribution in [0.5, 0.6) is 0 Å². The molecule has 11 nitrogen and oxygen atoms in total. The first-order chi connectivity index (χ1) is 12.8. The van der Waals surface area contributed by atoms with Crippen LogP contribution in [0.25, 0.3) is 11.3 Å². The number of aromatic amines is 1. The summed E-state index contributed by atoms with van der Waals surface area (Å²) in [5.74, 6) is -2.32. The van der Waals surface area contributed by atoms with E-state index in [9.17, 15) is 0 Å². The molecule has 7 N–H and O–H groups in total. The maximum absolute atomic E-state index is 9.00. The molecule has 0 atom stereocenters. The molecule has 0 radical (unpaired) electrons. The van der Waals surface area contributed by atoms with E-state index in [0.29, 0.717) is 21.3 Å². The first-order valence-corrected chi connectivity index (χ1v) is 7.87. The first-order valence-electron chi connectivity index (χ1n) is 7.11.